The highest BCUT2D eigenvalue weighted by Gasteiger charge is 2.69. The largest absolute Gasteiger partial charge is 0.504 e. The number of ether oxygens (including phenoxy) is 1. The lowest BCUT2D eigenvalue weighted by Gasteiger charge is -2.52. The molecule has 11 heteroatoms. The fourth-order valence-corrected chi connectivity index (χ4v) is 6.18. The number of carbonyl (C=O) groups is 5. The summed E-state index contributed by atoms with van der Waals surface area (Å²) in [6, 6.07) is 0.463. The number of benzene rings is 1. The molecule has 1 amide bonds. The molecule has 0 heterocycles. The van der Waals surface area contributed by atoms with E-state index in [1.807, 2.05) is 0 Å². The van der Waals surface area contributed by atoms with E-state index in [0.29, 0.717) is 11.3 Å². The van der Waals surface area contributed by atoms with Crippen molar-refractivity contribution in [1.82, 2.24) is 4.90 Å². The molecule has 0 spiro atoms. The van der Waals surface area contributed by atoms with Crippen LogP contribution < -0.4 is 15.4 Å². The highest BCUT2D eigenvalue weighted by Crippen LogP contribution is 2.53. The average Bonchev–Trinajstić information content (AvgIpc) is 2.75. The van der Waals surface area contributed by atoms with Gasteiger partial charge in [0.1, 0.15) is 0 Å². The maximum atomic E-state index is 13.8. The number of amides is 1. The van der Waals surface area contributed by atoms with Crippen LogP contribution in [0.1, 0.15) is 22.3 Å². The van der Waals surface area contributed by atoms with E-state index in [0.717, 1.165) is 0 Å². The molecule has 2 saturated carbocycles. The molecule has 0 saturated heterocycles. The molecule has 11 nitrogen and oxygen atoms in total. The number of likely N-dealkylation sites (N-methyl/N-ethyl adjacent to an activating group) is 1. The first-order chi connectivity index (χ1) is 16.3. The van der Waals surface area contributed by atoms with Gasteiger partial charge < -0.3 is 25.6 Å². The summed E-state index contributed by atoms with van der Waals surface area (Å²) in [5.41, 5.74) is 3.61. The number of rotatable bonds is 4. The van der Waals surface area contributed by atoms with Gasteiger partial charge in [0.2, 0.25) is 5.91 Å². The van der Waals surface area contributed by atoms with Crippen molar-refractivity contribution in [2.24, 2.45) is 29.4 Å². The number of hydrogen-bond acceptors (Lipinski definition) is 10. The second kappa shape index (κ2) is 8.13. The molecule has 0 bridgehead atoms. The number of phenols is 1. The second-order valence-corrected chi connectivity index (χ2v) is 9.98. The predicted octanol–water partition coefficient (Wildman–Crippen LogP) is -1.06. The number of hydrogen-bond donors (Lipinski definition) is 3. The summed E-state index contributed by atoms with van der Waals surface area (Å²) in [5.74, 6) is -10.7. The Bertz CT molecular complexity index is 1180. The van der Waals surface area contributed by atoms with E-state index in [4.69, 9.17) is 10.5 Å². The first kappa shape index (κ1) is 24.8. The van der Waals surface area contributed by atoms with Gasteiger partial charge in [-0.15, -0.1) is 0 Å². The van der Waals surface area contributed by atoms with Crippen molar-refractivity contribution >= 4 is 34.7 Å². The van der Waals surface area contributed by atoms with E-state index >= 15 is 0 Å². The maximum Gasteiger partial charge on any atom is 0.235 e. The van der Waals surface area contributed by atoms with Crippen LogP contribution in [0.15, 0.2) is 6.07 Å². The smallest absolute Gasteiger partial charge is 0.235 e. The van der Waals surface area contributed by atoms with E-state index in [2.05, 4.69) is 0 Å². The van der Waals surface area contributed by atoms with Gasteiger partial charge in [0.05, 0.1) is 24.6 Å². The fraction of sp³-hybridized carbons (Fsp3) is 0.542. The van der Waals surface area contributed by atoms with Gasteiger partial charge in [0, 0.05) is 31.8 Å². The molecule has 3 aliphatic carbocycles. The molecular formula is C24H29N3O8. The summed E-state index contributed by atoms with van der Waals surface area (Å²) >= 11 is 0. The Morgan fingerprint density at radius 1 is 1.14 bits per heavy atom. The molecule has 188 valence electrons. The Balaban J connectivity index is 1.91. The Morgan fingerprint density at radius 3 is 2.29 bits per heavy atom. The summed E-state index contributed by atoms with van der Waals surface area (Å²) < 4.78 is 5.22. The number of nitrogens with zero attached hydrogens (tertiary/aromatic N) is 2. The number of aliphatic hydroxyl groups is 1. The van der Waals surface area contributed by atoms with Crippen LogP contribution in [0.3, 0.4) is 0 Å². The third kappa shape index (κ3) is 3.21. The number of aromatic hydroxyl groups is 1. The van der Waals surface area contributed by atoms with Crippen LogP contribution >= 0.6 is 0 Å². The monoisotopic (exact) mass is 487 g/mol. The second-order valence-electron chi connectivity index (χ2n) is 9.98. The van der Waals surface area contributed by atoms with Crippen LogP contribution in [0, 0.1) is 23.7 Å². The fourth-order valence-electron chi connectivity index (χ4n) is 6.18. The lowest BCUT2D eigenvalue weighted by atomic mass is 9.52. The summed E-state index contributed by atoms with van der Waals surface area (Å²) in [6.45, 7) is 0. The van der Waals surface area contributed by atoms with Gasteiger partial charge in [-0.05, 0) is 38.4 Å². The van der Waals surface area contributed by atoms with Crippen molar-refractivity contribution in [3.8, 4) is 11.5 Å². The number of phenolic OH excluding ortho intramolecular Hbond substituents is 1. The number of fused-ring (bicyclic) bond motifs is 3. The van der Waals surface area contributed by atoms with Crippen molar-refractivity contribution < 1.29 is 38.9 Å². The van der Waals surface area contributed by atoms with Crippen LogP contribution in [0.5, 0.6) is 11.5 Å². The minimum absolute atomic E-state index is 0.00353. The van der Waals surface area contributed by atoms with E-state index in [9.17, 15) is 34.2 Å². The standard InChI is InChI=1S/C24H29N3O8/c1-26(2)12-8-13(35-5)18(28)15-10(12)6-9-7-11-17(27(3)4)20(30)16(23(25)33)22(32)24(11,34)21(31)14(9)19(15)29/h8-9,11,14,16-17,28,34H,6-7H2,1-5H3,(H2,25,33)/t9-,11-,14?,16?,17-,24-/m0/s1. The van der Waals surface area contributed by atoms with Crippen molar-refractivity contribution in [2.75, 3.05) is 40.2 Å². The average molecular weight is 488 g/mol. The van der Waals surface area contributed by atoms with Crippen LogP contribution in [0.4, 0.5) is 5.69 Å². The molecule has 1 aromatic carbocycles. The van der Waals surface area contributed by atoms with E-state index in [1.54, 1.807) is 39.2 Å². The van der Waals surface area contributed by atoms with Crippen LogP contribution in [0.25, 0.3) is 0 Å². The zero-order valence-electron chi connectivity index (χ0n) is 20.2. The number of ketones is 4. The topological polar surface area (TPSA) is 168 Å². The molecule has 2 fully saturated rings. The number of carbonyl (C=O) groups excluding carboxylic acids is 5. The highest BCUT2D eigenvalue weighted by atomic mass is 16.5. The Labute approximate surface area is 201 Å². The third-order valence-corrected chi connectivity index (χ3v) is 7.70. The first-order valence-electron chi connectivity index (χ1n) is 11.2. The predicted molar refractivity (Wildman–Crippen MR) is 122 cm³/mol. The normalized spacial score (nSPS) is 32.1. The lowest BCUT2D eigenvalue weighted by molar-refractivity contribution is -0.181. The van der Waals surface area contributed by atoms with Gasteiger partial charge in [-0.1, -0.05) is 0 Å². The van der Waals surface area contributed by atoms with Crippen molar-refractivity contribution in [3.05, 3.63) is 17.2 Å². The van der Waals surface area contributed by atoms with Gasteiger partial charge >= 0.3 is 0 Å². The van der Waals surface area contributed by atoms with Gasteiger partial charge in [-0.2, -0.15) is 0 Å². The molecule has 35 heavy (non-hydrogen) atoms. The number of primary amides is 1. The molecule has 6 atom stereocenters. The molecule has 0 radical (unpaired) electrons. The molecule has 4 N–H and O–H groups in total. The number of anilines is 1. The van der Waals surface area contributed by atoms with Gasteiger partial charge in [-0.3, -0.25) is 28.9 Å². The molecule has 0 aromatic heterocycles. The van der Waals surface area contributed by atoms with E-state index < -0.39 is 70.1 Å². The summed E-state index contributed by atoms with van der Waals surface area (Å²) in [5, 5.41) is 22.4. The van der Waals surface area contributed by atoms with E-state index in [-0.39, 0.29) is 24.2 Å². The zero-order chi connectivity index (χ0) is 26.1. The maximum absolute atomic E-state index is 13.8. The lowest BCUT2D eigenvalue weighted by Crippen LogP contribution is -2.74. The Kier molecular flexibility index (Phi) is 5.76. The Morgan fingerprint density at radius 2 is 1.77 bits per heavy atom. The van der Waals surface area contributed by atoms with Crippen molar-refractivity contribution in [2.45, 2.75) is 24.5 Å². The SMILES string of the molecule is COc1cc(N(C)C)c2c(c1O)C(=O)C1C(=O)[C@]3(O)C(=O)C(C(N)=O)C(=O)[C@@H](N(C)C)[C@@H]3C[C@@H]1C2. The number of methoxy groups -OCH3 is 1. The molecular weight excluding hydrogens is 458 g/mol. The zero-order valence-corrected chi connectivity index (χ0v) is 20.2. The molecule has 3 aliphatic rings. The van der Waals surface area contributed by atoms with Gasteiger partial charge in [0.15, 0.2) is 46.2 Å². The summed E-state index contributed by atoms with van der Waals surface area (Å²) in [6.07, 6.45) is 0.195. The van der Waals surface area contributed by atoms with Crippen molar-refractivity contribution in [1.29, 1.82) is 0 Å². The number of nitrogens with two attached hydrogens (primary N) is 1. The summed E-state index contributed by atoms with van der Waals surface area (Å²) in [7, 11) is 7.95. The van der Waals surface area contributed by atoms with Crippen LogP contribution in [0.2, 0.25) is 0 Å². The van der Waals surface area contributed by atoms with Gasteiger partial charge in [-0.25, -0.2) is 0 Å². The third-order valence-electron chi connectivity index (χ3n) is 7.70. The summed E-state index contributed by atoms with van der Waals surface area (Å²) in [4.78, 5) is 69.0. The highest BCUT2D eigenvalue weighted by molar-refractivity contribution is 6.32. The molecule has 4 rings (SSSR count). The van der Waals surface area contributed by atoms with E-state index in [1.165, 1.54) is 12.0 Å². The minimum atomic E-state index is -2.74. The molecule has 1 aromatic rings. The molecule has 0 aliphatic heterocycles. The number of Topliss-reactive ketones (excluding diaryl/α,β-unsaturated/α-hetero) is 4. The van der Waals surface area contributed by atoms with Gasteiger partial charge in [0.25, 0.3) is 0 Å². The van der Waals surface area contributed by atoms with Crippen LogP contribution in [-0.4, -0.2) is 91.1 Å². The quantitative estimate of drug-likeness (QED) is 0.445. The minimum Gasteiger partial charge on any atom is -0.504 e. The van der Waals surface area contributed by atoms with Crippen LogP contribution in [-0.2, 0) is 25.6 Å². The van der Waals surface area contributed by atoms with Crippen molar-refractivity contribution in [3.63, 3.8) is 0 Å². The molecule has 2 unspecified atom stereocenters. The first-order valence-corrected chi connectivity index (χ1v) is 11.2. The Hall–Kier alpha value is -3.31.